The van der Waals surface area contributed by atoms with Gasteiger partial charge in [-0.15, -0.1) is 0 Å². The molecule has 1 atom stereocenters. The van der Waals surface area contributed by atoms with E-state index in [4.69, 9.17) is 10.8 Å². The minimum absolute atomic E-state index is 0.228. The molecule has 1 fully saturated rings. The highest BCUT2D eigenvalue weighted by Crippen LogP contribution is 2.09. The summed E-state index contributed by atoms with van der Waals surface area (Å²) in [6.07, 6.45) is 0.816. The van der Waals surface area contributed by atoms with Gasteiger partial charge in [0.2, 0.25) is 0 Å². The zero-order valence-corrected chi connectivity index (χ0v) is 9.49. The Hall–Kier alpha value is -0.650. The molecular weight excluding hydrogens is 194 g/mol. The molecule has 1 unspecified atom stereocenters. The molecule has 1 aliphatic heterocycles. The van der Waals surface area contributed by atoms with Gasteiger partial charge in [0.05, 0.1) is 0 Å². The van der Waals surface area contributed by atoms with E-state index in [-0.39, 0.29) is 5.54 Å². The lowest BCUT2D eigenvalue weighted by Gasteiger charge is -2.35. The number of piperazine rings is 1. The number of aliphatic carboxylic acids is 1. The van der Waals surface area contributed by atoms with Gasteiger partial charge in [-0.3, -0.25) is 9.69 Å². The summed E-state index contributed by atoms with van der Waals surface area (Å²) in [5.41, 5.74) is 5.66. The van der Waals surface area contributed by atoms with Crippen molar-refractivity contribution in [3.63, 3.8) is 0 Å². The molecule has 0 spiro atoms. The molecule has 1 aliphatic rings. The van der Waals surface area contributed by atoms with Gasteiger partial charge in [0.1, 0.15) is 6.04 Å². The third kappa shape index (κ3) is 4.15. The van der Waals surface area contributed by atoms with Gasteiger partial charge in [0.25, 0.3) is 0 Å². The minimum Gasteiger partial charge on any atom is -0.480 e. The Morgan fingerprint density at radius 1 is 1.67 bits per heavy atom. The summed E-state index contributed by atoms with van der Waals surface area (Å²) in [6, 6.07) is -0.402. The molecule has 1 heterocycles. The maximum absolute atomic E-state index is 11.0. The van der Waals surface area contributed by atoms with E-state index in [1.165, 1.54) is 0 Å². The first-order valence-electron chi connectivity index (χ1n) is 5.36. The molecule has 0 amide bonds. The summed E-state index contributed by atoms with van der Waals surface area (Å²) in [6.45, 7) is 6.85. The molecule has 1 saturated heterocycles. The standard InChI is InChI=1S/C10H21N3O2/c1-10(2,11)3-5-13-6-4-12-7-8(13)9(14)15/h8,12H,3-7,11H2,1-2H3,(H,14,15). The lowest BCUT2D eigenvalue weighted by atomic mass is 10.0. The highest BCUT2D eigenvalue weighted by atomic mass is 16.4. The minimum atomic E-state index is -0.753. The lowest BCUT2D eigenvalue weighted by Crippen LogP contribution is -2.56. The van der Waals surface area contributed by atoms with Crippen LogP contribution in [0.25, 0.3) is 0 Å². The van der Waals surface area contributed by atoms with Crippen LogP contribution in [-0.4, -0.2) is 53.7 Å². The lowest BCUT2D eigenvalue weighted by molar-refractivity contribution is -0.144. The fourth-order valence-corrected chi connectivity index (χ4v) is 1.69. The summed E-state index contributed by atoms with van der Waals surface area (Å²) >= 11 is 0. The van der Waals surface area contributed by atoms with Crippen LogP contribution in [0.2, 0.25) is 0 Å². The molecule has 15 heavy (non-hydrogen) atoms. The second-order valence-corrected chi connectivity index (χ2v) is 4.83. The molecule has 0 aliphatic carbocycles. The number of hydrogen-bond acceptors (Lipinski definition) is 4. The van der Waals surface area contributed by atoms with Crippen LogP contribution < -0.4 is 11.1 Å². The van der Waals surface area contributed by atoms with Crippen LogP contribution in [0.5, 0.6) is 0 Å². The maximum Gasteiger partial charge on any atom is 0.322 e. The third-order valence-electron chi connectivity index (χ3n) is 2.68. The van der Waals surface area contributed by atoms with E-state index in [0.29, 0.717) is 6.54 Å². The van der Waals surface area contributed by atoms with Crippen molar-refractivity contribution in [2.75, 3.05) is 26.2 Å². The van der Waals surface area contributed by atoms with E-state index in [2.05, 4.69) is 5.32 Å². The Morgan fingerprint density at radius 2 is 2.33 bits per heavy atom. The normalized spacial score (nSPS) is 24.1. The van der Waals surface area contributed by atoms with Gasteiger partial charge in [-0.05, 0) is 20.3 Å². The topological polar surface area (TPSA) is 78.6 Å². The van der Waals surface area contributed by atoms with Gasteiger partial charge in [-0.1, -0.05) is 0 Å². The highest BCUT2D eigenvalue weighted by Gasteiger charge is 2.28. The highest BCUT2D eigenvalue weighted by molar-refractivity contribution is 5.73. The molecule has 88 valence electrons. The van der Waals surface area contributed by atoms with Crippen molar-refractivity contribution in [3.05, 3.63) is 0 Å². The number of hydrogen-bond donors (Lipinski definition) is 3. The number of nitrogens with one attached hydrogen (secondary N) is 1. The van der Waals surface area contributed by atoms with Crippen molar-refractivity contribution >= 4 is 5.97 Å². The maximum atomic E-state index is 11.0. The number of carboxylic acid groups (broad SMARTS) is 1. The fourth-order valence-electron chi connectivity index (χ4n) is 1.69. The Balaban J connectivity index is 2.46. The average Bonchev–Trinajstić information content (AvgIpc) is 2.14. The molecule has 0 radical (unpaired) electrons. The van der Waals surface area contributed by atoms with Crippen molar-refractivity contribution in [2.24, 2.45) is 5.73 Å². The van der Waals surface area contributed by atoms with Crippen LogP contribution in [0, 0.1) is 0 Å². The average molecular weight is 215 g/mol. The van der Waals surface area contributed by atoms with Gasteiger partial charge >= 0.3 is 5.97 Å². The predicted molar refractivity (Wildman–Crippen MR) is 58.7 cm³/mol. The van der Waals surface area contributed by atoms with E-state index >= 15 is 0 Å². The first-order valence-corrected chi connectivity index (χ1v) is 5.36. The number of nitrogens with two attached hydrogens (primary N) is 1. The Labute approximate surface area is 90.6 Å². The number of nitrogens with zero attached hydrogens (tertiary/aromatic N) is 1. The van der Waals surface area contributed by atoms with Crippen molar-refractivity contribution in [1.29, 1.82) is 0 Å². The van der Waals surface area contributed by atoms with Crippen LogP contribution in [-0.2, 0) is 4.79 Å². The van der Waals surface area contributed by atoms with Crippen LogP contribution in [0.3, 0.4) is 0 Å². The van der Waals surface area contributed by atoms with E-state index in [0.717, 1.165) is 26.1 Å². The number of carboxylic acids is 1. The molecule has 0 aromatic rings. The summed E-state index contributed by atoms with van der Waals surface area (Å²) in [4.78, 5) is 13.0. The second kappa shape index (κ2) is 4.92. The fraction of sp³-hybridized carbons (Fsp3) is 0.900. The van der Waals surface area contributed by atoms with E-state index in [1.54, 1.807) is 0 Å². The Morgan fingerprint density at radius 3 is 2.87 bits per heavy atom. The predicted octanol–water partition coefficient (Wildman–Crippen LogP) is -0.528. The van der Waals surface area contributed by atoms with E-state index in [1.807, 2.05) is 18.7 Å². The zero-order chi connectivity index (χ0) is 11.5. The molecule has 5 nitrogen and oxygen atoms in total. The van der Waals surface area contributed by atoms with Gasteiger partial charge in [0, 0.05) is 31.7 Å². The number of rotatable bonds is 4. The molecule has 4 N–H and O–H groups in total. The van der Waals surface area contributed by atoms with Gasteiger partial charge in [0.15, 0.2) is 0 Å². The molecule has 0 bridgehead atoms. The molecule has 0 aromatic heterocycles. The van der Waals surface area contributed by atoms with Crippen molar-refractivity contribution < 1.29 is 9.90 Å². The molecule has 0 saturated carbocycles. The van der Waals surface area contributed by atoms with Crippen LogP contribution in [0.15, 0.2) is 0 Å². The SMILES string of the molecule is CC(C)(N)CCN1CCNCC1C(=O)O. The Kier molecular flexibility index (Phi) is 4.07. The monoisotopic (exact) mass is 215 g/mol. The van der Waals surface area contributed by atoms with E-state index in [9.17, 15) is 4.79 Å². The first-order chi connectivity index (χ1) is 6.90. The Bertz CT molecular complexity index is 225. The number of carbonyl (C=O) groups is 1. The summed E-state index contributed by atoms with van der Waals surface area (Å²) in [7, 11) is 0. The smallest absolute Gasteiger partial charge is 0.322 e. The first kappa shape index (κ1) is 12.4. The van der Waals surface area contributed by atoms with Gasteiger partial charge in [-0.25, -0.2) is 0 Å². The summed E-state index contributed by atoms with van der Waals surface area (Å²) in [5, 5.41) is 12.1. The van der Waals surface area contributed by atoms with Crippen LogP contribution in [0.1, 0.15) is 20.3 Å². The third-order valence-corrected chi connectivity index (χ3v) is 2.68. The summed E-state index contributed by atoms with van der Waals surface area (Å²) < 4.78 is 0. The van der Waals surface area contributed by atoms with E-state index < -0.39 is 12.0 Å². The van der Waals surface area contributed by atoms with Crippen molar-refractivity contribution in [3.8, 4) is 0 Å². The van der Waals surface area contributed by atoms with Gasteiger partial charge in [-0.2, -0.15) is 0 Å². The zero-order valence-electron chi connectivity index (χ0n) is 9.49. The summed E-state index contributed by atoms with van der Waals surface area (Å²) in [5.74, 6) is -0.753. The molecular formula is C10H21N3O2. The largest absolute Gasteiger partial charge is 0.480 e. The van der Waals surface area contributed by atoms with Crippen LogP contribution >= 0.6 is 0 Å². The molecule has 5 heteroatoms. The van der Waals surface area contributed by atoms with Crippen molar-refractivity contribution in [2.45, 2.75) is 31.8 Å². The quantitative estimate of drug-likeness (QED) is 0.587. The van der Waals surface area contributed by atoms with Crippen LogP contribution in [0.4, 0.5) is 0 Å². The van der Waals surface area contributed by atoms with Gasteiger partial charge < -0.3 is 16.2 Å². The van der Waals surface area contributed by atoms with Crippen molar-refractivity contribution in [1.82, 2.24) is 10.2 Å². The molecule has 0 aromatic carbocycles. The second-order valence-electron chi connectivity index (χ2n) is 4.83. The molecule has 1 rings (SSSR count).